The molecule has 1 atom stereocenters. The van der Waals surface area contributed by atoms with Crippen molar-refractivity contribution in [3.8, 4) is 5.75 Å². The second kappa shape index (κ2) is 7.50. The first kappa shape index (κ1) is 17.1. The predicted octanol–water partition coefficient (Wildman–Crippen LogP) is 2.99. The summed E-state index contributed by atoms with van der Waals surface area (Å²) in [5, 5.41) is 3.40. The van der Waals surface area contributed by atoms with Crippen molar-refractivity contribution in [1.82, 2.24) is 10.2 Å². The minimum absolute atomic E-state index is 0.0795. The van der Waals surface area contributed by atoms with Crippen LogP contribution in [-0.4, -0.2) is 43.1 Å². The van der Waals surface area contributed by atoms with Crippen LogP contribution >= 0.6 is 0 Å². The molecule has 0 unspecified atom stereocenters. The molecule has 26 heavy (non-hydrogen) atoms. The van der Waals surface area contributed by atoms with Crippen molar-refractivity contribution in [3.05, 3.63) is 66.2 Å². The highest BCUT2D eigenvalue weighted by Gasteiger charge is 2.45. The largest absolute Gasteiger partial charge is 0.489 e. The number of rotatable bonds is 4. The average Bonchev–Trinajstić information content (AvgIpc) is 3.18. The molecule has 1 N–H and O–H groups in total. The highest BCUT2D eigenvalue weighted by Crippen LogP contribution is 2.36. The molecule has 0 radical (unpaired) electrons. The molecule has 136 valence electrons. The first-order chi connectivity index (χ1) is 12.8. The summed E-state index contributed by atoms with van der Waals surface area (Å²) in [7, 11) is 0. The summed E-state index contributed by atoms with van der Waals surface area (Å²) in [6, 6.07) is 20.2. The van der Waals surface area contributed by atoms with Gasteiger partial charge >= 0.3 is 0 Å². The Bertz CT molecular complexity index is 726. The number of piperidine rings is 1. The third-order valence-electron chi connectivity index (χ3n) is 5.67. The van der Waals surface area contributed by atoms with Gasteiger partial charge in [0.25, 0.3) is 0 Å². The lowest BCUT2D eigenvalue weighted by molar-refractivity contribution is -0.137. The molecule has 4 heteroatoms. The molecular weight excluding hydrogens is 324 g/mol. The molecular formula is C22H26N2O2. The first-order valence-electron chi connectivity index (χ1n) is 9.55. The van der Waals surface area contributed by atoms with E-state index in [1.807, 2.05) is 53.4 Å². The molecule has 2 aliphatic rings. The molecule has 2 aliphatic heterocycles. The number of amides is 1. The van der Waals surface area contributed by atoms with Crippen LogP contribution in [0.25, 0.3) is 0 Å². The van der Waals surface area contributed by atoms with Crippen molar-refractivity contribution in [3.63, 3.8) is 0 Å². The van der Waals surface area contributed by atoms with E-state index in [9.17, 15) is 4.79 Å². The van der Waals surface area contributed by atoms with Gasteiger partial charge in [-0.3, -0.25) is 4.79 Å². The van der Waals surface area contributed by atoms with Crippen molar-refractivity contribution < 1.29 is 9.53 Å². The molecule has 4 nitrogen and oxygen atoms in total. The smallest absolute Gasteiger partial charge is 0.233 e. The predicted molar refractivity (Wildman–Crippen MR) is 102 cm³/mol. The number of carbonyl (C=O) groups excluding carboxylic acids is 1. The van der Waals surface area contributed by atoms with Crippen molar-refractivity contribution in [2.75, 3.05) is 26.2 Å². The summed E-state index contributed by atoms with van der Waals surface area (Å²) >= 11 is 0. The first-order valence-corrected chi connectivity index (χ1v) is 9.55. The van der Waals surface area contributed by atoms with Crippen LogP contribution in [0.4, 0.5) is 0 Å². The number of para-hydroxylation sites is 1. The SMILES string of the molecule is O=C(N1CC[C@@H](Oc2ccccc2)C1)C1(c2ccccc2)CCNCC1. The third-order valence-corrected chi connectivity index (χ3v) is 5.67. The molecule has 0 spiro atoms. The molecule has 0 saturated carbocycles. The molecule has 0 bridgehead atoms. The van der Waals surface area contributed by atoms with E-state index in [0.29, 0.717) is 6.54 Å². The Labute approximate surface area is 155 Å². The lowest BCUT2D eigenvalue weighted by Gasteiger charge is -2.39. The zero-order valence-electron chi connectivity index (χ0n) is 15.1. The van der Waals surface area contributed by atoms with Gasteiger partial charge in [0.15, 0.2) is 0 Å². The van der Waals surface area contributed by atoms with Gasteiger partial charge in [-0.05, 0) is 43.6 Å². The maximum absolute atomic E-state index is 13.6. The number of nitrogens with zero attached hydrogens (tertiary/aromatic N) is 1. The minimum Gasteiger partial charge on any atom is -0.489 e. The highest BCUT2D eigenvalue weighted by molar-refractivity contribution is 5.88. The minimum atomic E-state index is -0.395. The third kappa shape index (κ3) is 3.34. The van der Waals surface area contributed by atoms with E-state index in [4.69, 9.17) is 4.74 Å². The van der Waals surface area contributed by atoms with Crippen molar-refractivity contribution in [2.24, 2.45) is 0 Å². The van der Waals surface area contributed by atoms with Gasteiger partial charge in [0, 0.05) is 13.0 Å². The number of likely N-dealkylation sites (tertiary alicyclic amines) is 1. The van der Waals surface area contributed by atoms with Gasteiger partial charge in [-0.2, -0.15) is 0 Å². The molecule has 1 amide bonds. The topological polar surface area (TPSA) is 41.6 Å². The van der Waals surface area contributed by atoms with E-state index in [0.717, 1.165) is 50.2 Å². The van der Waals surface area contributed by atoms with Gasteiger partial charge in [-0.1, -0.05) is 48.5 Å². The Morgan fingerprint density at radius 3 is 2.35 bits per heavy atom. The van der Waals surface area contributed by atoms with Gasteiger partial charge in [0.05, 0.1) is 12.0 Å². The summed E-state index contributed by atoms with van der Waals surface area (Å²) in [6.45, 7) is 3.23. The van der Waals surface area contributed by atoms with Crippen LogP contribution in [0.15, 0.2) is 60.7 Å². The fraction of sp³-hybridized carbons (Fsp3) is 0.409. The Balaban J connectivity index is 1.50. The zero-order valence-corrected chi connectivity index (χ0v) is 15.1. The lowest BCUT2D eigenvalue weighted by atomic mass is 9.72. The summed E-state index contributed by atoms with van der Waals surface area (Å²) in [4.78, 5) is 15.6. The Morgan fingerprint density at radius 2 is 1.65 bits per heavy atom. The molecule has 0 aromatic heterocycles. The van der Waals surface area contributed by atoms with Gasteiger partial charge in [0.2, 0.25) is 5.91 Å². The van der Waals surface area contributed by atoms with E-state index in [-0.39, 0.29) is 12.0 Å². The second-order valence-electron chi connectivity index (χ2n) is 7.29. The van der Waals surface area contributed by atoms with Gasteiger partial charge in [-0.15, -0.1) is 0 Å². The number of carbonyl (C=O) groups is 1. The van der Waals surface area contributed by atoms with Crippen LogP contribution in [-0.2, 0) is 10.2 Å². The standard InChI is InChI=1S/C22H26N2O2/c25-21(22(12-14-23-15-13-22)18-7-3-1-4-8-18)24-16-11-20(17-24)26-19-9-5-2-6-10-19/h1-10,20,23H,11-17H2/t20-/m1/s1. The number of hydrogen-bond acceptors (Lipinski definition) is 3. The number of benzene rings is 2. The number of nitrogens with one attached hydrogen (secondary N) is 1. The average molecular weight is 350 g/mol. The van der Waals surface area contributed by atoms with Crippen LogP contribution in [0.3, 0.4) is 0 Å². The van der Waals surface area contributed by atoms with Crippen LogP contribution in [0, 0.1) is 0 Å². The fourth-order valence-electron chi connectivity index (χ4n) is 4.24. The van der Waals surface area contributed by atoms with Crippen molar-refractivity contribution in [1.29, 1.82) is 0 Å². The van der Waals surface area contributed by atoms with Gasteiger partial charge in [0.1, 0.15) is 11.9 Å². The molecule has 0 aliphatic carbocycles. The molecule has 2 fully saturated rings. The highest BCUT2D eigenvalue weighted by atomic mass is 16.5. The van der Waals surface area contributed by atoms with E-state index in [1.54, 1.807) is 0 Å². The molecule has 2 saturated heterocycles. The monoisotopic (exact) mass is 350 g/mol. The van der Waals surface area contributed by atoms with Crippen LogP contribution in [0.1, 0.15) is 24.8 Å². The van der Waals surface area contributed by atoms with E-state index in [2.05, 4.69) is 17.4 Å². The van der Waals surface area contributed by atoms with E-state index >= 15 is 0 Å². The van der Waals surface area contributed by atoms with Crippen LogP contribution < -0.4 is 10.1 Å². The maximum Gasteiger partial charge on any atom is 0.233 e. The quantitative estimate of drug-likeness (QED) is 0.922. The molecule has 2 aromatic carbocycles. The molecule has 2 aromatic rings. The van der Waals surface area contributed by atoms with E-state index < -0.39 is 5.41 Å². The van der Waals surface area contributed by atoms with Gasteiger partial charge < -0.3 is 15.0 Å². The Hall–Kier alpha value is -2.33. The summed E-state index contributed by atoms with van der Waals surface area (Å²) in [6.07, 6.45) is 2.69. The van der Waals surface area contributed by atoms with Crippen molar-refractivity contribution >= 4 is 5.91 Å². The normalized spacial score (nSPS) is 22.2. The summed E-state index contributed by atoms with van der Waals surface area (Å²) < 4.78 is 6.08. The summed E-state index contributed by atoms with van der Waals surface area (Å²) in [5.41, 5.74) is 0.757. The second-order valence-corrected chi connectivity index (χ2v) is 7.29. The fourth-order valence-corrected chi connectivity index (χ4v) is 4.24. The molecule has 4 rings (SSSR count). The Kier molecular flexibility index (Phi) is 4.93. The van der Waals surface area contributed by atoms with Gasteiger partial charge in [-0.25, -0.2) is 0 Å². The number of hydrogen-bond donors (Lipinski definition) is 1. The van der Waals surface area contributed by atoms with Crippen molar-refractivity contribution in [2.45, 2.75) is 30.8 Å². The van der Waals surface area contributed by atoms with Crippen LogP contribution in [0.5, 0.6) is 5.75 Å². The Morgan fingerprint density at radius 1 is 1.00 bits per heavy atom. The zero-order chi connectivity index (χ0) is 17.8. The molecule has 2 heterocycles. The summed E-state index contributed by atoms with van der Waals surface area (Å²) in [5.74, 6) is 1.15. The number of ether oxygens (including phenoxy) is 1. The lowest BCUT2D eigenvalue weighted by Crippen LogP contribution is -2.51. The van der Waals surface area contributed by atoms with E-state index in [1.165, 1.54) is 0 Å². The maximum atomic E-state index is 13.6. The van der Waals surface area contributed by atoms with Crippen LogP contribution in [0.2, 0.25) is 0 Å².